The van der Waals surface area contributed by atoms with Crippen molar-refractivity contribution in [2.75, 3.05) is 32.2 Å². The van der Waals surface area contributed by atoms with Crippen LogP contribution in [-0.2, 0) is 31.0 Å². The fourth-order valence-corrected chi connectivity index (χ4v) is 9.40. The number of hydrogen-bond acceptors (Lipinski definition) is 9. The number of aliphatic hydroxyl groups excluding tert-OH is 1. The summed E-state index contributed by atoms with van der Waals surface area (Å²) in [5.74, 6) is 4.85. The summed E-state index contributed by atoms with van der Waals surface area (Å²) in [4.78, 5) is 52.4. The van der Waals surface area contributed by atoms with Crippen molar-refractivity contribution in [3.63, 3.8) is 0 Å². The number of fused-ring (bicyclic) bond motifs is 3. The molecule has 310 valence electrons. The number of benzene rings is 5. The maximum absolute atomic E-state index is 15.5. The summed E-state index contributed by atoms with van der Waals surface area (Å²) in [5.41, 5.74) is 3.72. The van der Waals surface area contributed by atoms with Crippen LogP contribution < -0.4 is 20.1 Å². The molecule has 3 aliphatic heterocycles. The van der Waals surface area contributed by atoms with Gasteiger partial charge in [-0.05, 0) is 89.0 Å². The van der Waals surface area contributed by atoms with E-state index < -0.39 is 53.3 Å². The zero-order valence-corrected chi connectivity index (χ0v) is 33.9. The van der Waals surface area contributed by atoms with E-state index in [-0.39, 0.29) is 19.8 Å². The number of methoxy groups -OCH3 is 1. The summed E-state index contributed by atoms with van der Waals surface area (Å²) in [6, 6.07) is 42.3. The maximum Gasteiger partial charge on any atom is 0.324 e. The summed E-state index contributed by atoms with van der Waals surface area (Å²) >= 11 is 0. The average molecular weight is 825 g/mol. The molecule has 0 radical (unpaired) electrons. The van der Waals surface area contributed by atoms with Gasteiger partial charge in [0.1, 0.15) is 35.7 Å². The number of carbonyl (C=O) groups is 3. The molecule has 1 aromatic heterocycles. The SMILES string of the molecule is COc1ccc(C#Cc2ccc3c(c2)[C@]2(C(=O)N3)[C@H](c3cccc(OCCO)c3)N3[C@H](c4ccccc4)[C@H](c4ccccc4)OC(=O)[C@H]3[C@@H]2C(=O)NCCc2ccccn2)cc1. The third-order valence-electron chi connectivity index (χ3n) is 12.0. The molecule has 1 spiro atoms. The largest absolute Gasteiger partial charge is 0.497 e. The molecule has 62 heavy (non-hydrogen) atoms. The number of ether oxygens (including phenoxy) is 3. The van der Waals surface area contributed by atoms with Gasteiger partial charge in [-0.1, -0.05) is 90.7 Å². The van der Waals surface area contributed by atoms with E-state index in [0.29, 0.717) is 40.3 Å². The van der Waals surface area contributed by atoms with Crippen LogP contribution in [0.4, 0.5) is 5.69 Å². The number of morpholine rings is 1. The standard InChI is InChI=1S/C51H44N4O7/c1-60-39-23-20-33(21-24-39)18-19-34-22-25-42-41(31-34)51(50(59)54-42)43(48(57)53-28-26-38-16-8-9-27-52-38)45-49(58)62-46(36-13-6-3-7-14-36)44(35-11-4-2-5-12-35)55(45)47(51)37-15-10-17-40(32-37)61-30-29-56/h2-17,20-25,27,31-32,43-47,56H,26,28-30H2,1H3,(H,53,57)(H,54,59)/t43-,44-,45-,46+,47+,51-/m1/s1. The summed E-state index contributed by atoms with van der Waals surface area (Å²) < 4.78 is 17.8. The van der Waals surface area contributed by atoms with Crippen molar-refractivity contribution in [3.8, 4) is 23.3 Å². The van der Waals surface area contributed by atoms with Gasteiger partial charge in [0.15, 0.2) is 0 Å². The lowest BCUT2D eigenvalue weighted by atomic mass is 9.65. The highest BCUT2D eigenvalue weighted by Gasteiger charge is 2.74. The van der Waals surface area contributed by atoms with E-state index in [1.807, 2.05) is 144 Å². The second-order valence-corrected chi connectivity index (χ2v) is 15.5. The molecule has 11 heteroatoms. The maximum atomic E-state index is 15.5. The van der Waals surface area contributed by atoms with Gasteiger partial charge in [-0.2, -0.15) is 0 Å². The first-order valence-electron chi connectivity index (χ1n) is 20.6. The Bertz CT molecular complexity index is 2650. The van der Waals surface area contributed by atoms with Crippen molar-refractivity contribution < 1.29 is 33.7 Å². The molecule has 11 nitrogen and oxygen atoms in total. The predicted molar refractivity (Wildman–Crippen MR) is 232 cm³/mol. The zero-order chi connectivity index (χ0) is 42.6. The molecule has 3 aliphatic rings. The molecule has 2 saturated heterocycles. The molecule has 2 fully saturated rings. The number of cyclic esters (lactones) is 1. The third kappa shape index (κ3) is 7.33. The minimum atomic E-state index is -1.71. The Kier molecular flexibility index (Phi) is 11.3. The van der Waals surface area contributed by atoms with Gasteiger partial charge >= 0.3 is 5.97 Å². The first-order chi connectivity index (χ1) is 30.4. The van der Waals surface area contributed by atoms with Crippen molar-refractivity contribution in [1.29, 1.82) is 0 Å². The number of nitrogens with one attached hydrogen (secondary N) is 2. The first-order valence-corrected chi connectivity index (χ1v) is 20.6. The van der Waals surface area contributed by atoms with Crippen molar-refractivity contribution in [2.24, 2.45) is 5.92 Å². The van der Waals surface area contributed by atoms with Crippen LogP contribution in [0.5, 0.6) is 11.5 Å². The summed E-state index contributed by atoms with van der Waals surface area (Å²) in [6.07, 6.45) is 1.31. The summed E-state index contributed by atoms with van der Waals surface area (Å²) in [6.45, 7) is 0.0424. The van der Waals surface area contributed by atoms with E-state index in [2.05, 4.69) is 27.5 Å². The molecule has 0 bridgehead atoms. The lowest BCUT2D eigenvalue weighted by molar-refractivity contribution is -0.178. The zero-order valence-electron chi connectivity index (χ0n) is 33.9. The van der Waals surface area contributed by atoms with Crippen LogP contribution in [0.1, 0.15) is 57.3 Å². The Balaban J connectivity index is 1.28. The van der Waals surface area contributed by atoms with Gasteiger partial charge in [-0.3, -0.25) is 24.3 Å². The highest BCUT2D eigenvalue weighted by Crippen LogP contribution is 2.65. The quantitative estimate of drug-likeness (QED) is 0.0989. The molecule has 6 atom stereocenters. The van der Waals surface area contributed by atoms with Crippen LogP contribution in [0.3, 0.4) is 0 Å². The van der Waals surface area contributed by atoms with Crippen molar-refractivity contribution in [1.82, 2.24) is 15.2 Å². The normalized spacial score (nSPS) is 22.4. The molecule has 9 rings (SSSR count). The second kappa shape index (κ2) is 17.4. The molecule has 5 aromatic carbocycles. The van der Waals surface area contributed by atoms with E-state index in [1.54, 1.807) is 19.4 Å². The van der Waals surface area contributed by atoms with Crippen molar-refractivity contribution >= 4 is 23.5 Å². The van der Waals surface area contributed by atoms with Crippen molar-refractivity contribution in [2.45, 2.75) is 36.1 Å². The van der Waals surface area contributed by atoms with Gasteiger partial charge in [0.05, 0.1) is 31.7 Å². The molecule has 3 N–H and O–H groups in total. The fourth-order valence-electron chi connectivity index (χ4n) is 9.40. The van der Waals surface area contributed by atoms with Gasteiger partial charge in [0, 0.05) is 41.7 Å². The van der Waals surface area contributed by atoms with Crippen LogP contribution >= 0.6 is 0 Å². The Morgan fingerprint density at radius 3 is 2.24 bits per heavy atom. The Morgan fingerprint density at radius 2 is 1.52 bits per heavy atom. The molecule has 2 amide bonds. The minimum absolute atomic E-state index is 0.0432. The highest BCUT2D eigenvalue weighted by atomic mass is 16.6. The van der Waals surface area contributed by atoms with Crippen LogP contribution in [0, 0.1) is 17.8 Å². The van der Waals surface area contributed by atoms with Gasteiger partial charge in [-0.25, -0.2) is 0 Å². The van der Waals surface area contributed by atoms with Crippen LogP contribution in [0.25, 0.3) is 0 Å². The third-order valence-corrected chi connectivity index (χ3v) is 12.0. The smallest absolute Gasteiger partial charge is 0.324 e. The summed E-state index contributed by atoms with van der Waals surface area (Å²) in [5, 5.41) is 16.0. The number of esters is 1. The molecular formula is C51H44N4O7. The van der Waals surface area contributed by atoms with Gasteiger partial charge < -0.3 is 30.0 Å². The van der Waals surface area contributed by atoms with Crippen LogP contribution in [0.2, 0.25) is 0 Å². The molecule has 6 aromatic rings. The number of nitrogens with zero attached hydrogens (tertiary/aromatic N) is 2. The van der Waals surface area contributed by atoms with E-state index in [4.69, 9.17) is 14.2 Å². The Labute approximate surface area is 359 Å². The van der Waals surface area contributed by atoms with Crippen LogP contribution in [-0.4, -0.2) is 65.7 Å². The predicted octanol–water partition coefficient (Wildman–Crippen LogP) is 6.49. The molecular weight excluding hydrogens is 781 g/mol. The van der Waals surface area contributed by atoms with Crippen LogP contribution in [0.15, 0.2) is 152 Å². The number of anilines is 1. The van der Waals surface area contributed by atoms with Gasteiger partial charge in [-0.15, -0.1) is 0 Å². The van der Waals surface area contributed by atoms with E-state index >= 15 is 14.4 Å². The number of aromatic nitrogens is 1. The lowest BCUT2D eigenvalue weighted by Crippen LogP contribution is -2.55. The number of rotatable bonds is 11. The molecule has 0 saturated carbocycles. The number of pyridine rings is 1. The summed E-state index contributed by atoms with van der Waals surface area (Å²) in [7, 11) is 1.61. The Morgan fingerprint density at radius 1 is 0.806 bits per heavy atom. The monoisotopic (exact) mass is 824 g/mol. The number of hydrogen-bond donors (Lipinski definition) is 3. The van der Waals surface area contributed by atoms with E-state index in [0.717, 1.165) is 22.4 Å². The highest BCUT2D eigenvalue weighted by molar-refractivity contribution is 6.12. The molecule has 4 heterocycles. The first kappa shape index (κ1) is 40.2. The second-order valence-electron chi connectivity index (χ2n) is 15.5. The average Bonchev–Trinajstić information content (AvgIpc) is 3.80. The minimum Gasteiger partial charge on any atom is -0.497 e. The lowest BCUT2D eigenvalue weighted by Gasteiger charge is -2.46. The van der Waals surface area contributed by atoms with Crippen molar-refractivity contribution in [3.05, 3.63) is 191 Å². The Hall–Kier alpha value is -7.26. The molecule has 0 aliphatic carbocycles. The topological polar surface area (TPSA) is 139 Å². The van der Waals surface area contributed by atoms with E-state index in [1.165, 1.54) is 0 Å². The number of amides is 2. The number of carbonyl (C=O) groups excluding carboxylic acids is 3. The number of aliphatic hydroxyl groups is 1. The fraction of sp³-hybridized carbons (Fsp3) is 0.216. The van der Waals surface area contributed by atoms with E-state index in [9.17, 15) is 5.11 Å². The van der Waals surface area contributed by atoms with Gasteiger partial charge in [0.25, 0.3) is 0 Å². The van der Waals surface area contributed by atoms with Gasteiger partial charge in [0.2, 0.25) is 11.8 Å². The molecule has 0 unspecified atom stereocenters.